The van der Waals surface area contributed by atoms with Gasteiger partial charge in [0, 0.05) is 18.8 Å². The molecule has 0 bridgehead atoms. The molecule has 1 aliphatic heterocycles. The van der Waals surface area contributed by atoms with Crippen molar-refractivity contribution in [3.05, 3.63) is 23.5 Å². The zero-order valence-electron chi connectivity index (χ0n) is 10.8. The minimum atomic E-state index is -0.653. The average Bonchev–Trinajstić information content (AvgIpc) is 2.84. The quantitative estimate of drug-likeness (QED) is 0.695. The number of hydrogen-bond acceptors (Lipinski definition) is 4. The highest BCUT2D eigenvalue weighted by Crippen LogP contribution is 2.21. The summed E-state index contributed by atoms with van der Waals surface area (Å²) >= 11 is 0. The lowest BCUT2D eigenvalue weighted by Crippen LogP contribution is -2.26. The number of hydrogen-bond donors (Lipinski definition) is 3. The average molecular weight is 266 g/mol. The fraction of sp³-hybridized carbons (Fsp3) is 0.462. The molecule has 0 spiro atoms. The third-order valence-electron chi connectivity index (χ3n) is 3.35. The number of halogens is 1. The molecule has 1 saturated heterocycles. The number of nitrogens with zero attached hydrogens (tertiary/aromatic N) is 1. The van der Waals surface area contributed by atoms with E-state index in [0.29, 0.717) is 6.54 Å². The Hall–Kier alpha value is -1.82. The summed E-state index contributed by atoms with van der Waals surface area (Å²) in [6.45, 7) is 3.67. The Bertz CT molecular complexity index is 472. The maximum Gasteiger partial charge on any atom is 0.250 e. The largest absolute Gasteiger partial charge is 0.398 e. The number of nitrogen functional groups attached to an aromatic ring is 1. The van der Waals surface area contributed by atoms with Crippen molar-refractivity contribution < 1.29 is 9.18 Å². The zero-order chi connectivity index (χ0) is 13.8. The third kappa shape index (κ3) is 3.35. The number of carbonyl (C=O) groups is 1. The van der Waals surface area contributed by atoms with Crippen LogP contribution < -0.4 is 16.8 Å². The number of carbonyl (C=O) groups excluding carboxylic acids is 1. The smallest absolute Gasteiger partial charge is 0.250 e. The van der Waals surface area contributed by atoms with Crippen LogP contribution in [0.5, 0.6) is 0 Å². The van der Waals surface area contributed by atoms with Gasteiger partial charge in [0.25, 0.3) is 5.91 Å². The minimum Gasteiger partial charge on any atom is -0.398 e. The Morgan fingerprint density at radius 1 is 1.37 bits per heavy atom. The summed E-state index contributed by atoms with van der Waals surface area (Å²) in [6.07, 6.45) is 2.45. The van der Waals surface area contributed by atoms with Crippen LogP contribution in [0.15, 0.2) is 12.1 Å². The molecule has 5 nitrogen and oxygen atoms in total. The van der Waals surface area contributed by atoms with Gasteiger partial charge in [0.2, 0.25) is 0 Å². The number of primary amides is 1. The summed E-state index contributed by atoms with van der Waals surface area (Å²) < 4.78 is 13.7. The van der Waals surface area contributed by atoms with Gasteiger partial charge in [0.1, 0.15) is 5.82 Å². The van der Waals surface area contributed by atoms with Crippen LogP contribution in [0.1, 0.15) is 23.2 Å². The highest BCUT2D eigenvalue weighted by atomic mass is 19.1. The number of amides is 1. The summed E-state index contributed by atoms with van der Waals surface area (Å²) in [5.74, 6) is -1.12. The Kier molecular flexibility index (Phi) is 4.21. The fourth-order valence-electron chi connectivity index (χ4n) is 2.29. The van der Waals surface area contributed by atoms with Crippen molar-refractivity contribution in [1.82, 2.24) is 4.90 Å². The Morgan fingerprint density at radius 3 is 2.68 bits per heavy atom. The molecule has 2 rings (SSSR count). The first kappa shape index (κ1) is 13.6. The predicted octanol–water partition coefficient (Wildman–Crippen LogP) is 1.01. The van der Waals surface area contributed by atoms with Crippen LogP contribution in [-0.4, -0.2) is 37.0 Å². The molecule has 1 aromatic carbocycles. The second-order valence-electron chi connectivity index (χ2n) is 4.76. The predicted molar refractivity (Wildman–Crippen MR) is 73.5 cm³/mol. The van der Waals surface area contributed by atoms with Crippen LogP contribution in [0.25, 0.3) is 0 Å². The van der Waals surface area contributed by atoms with Crippen molar-refractivity contribution in [3.8, 4) is 0 Å². The first-order valence-corrected chi connectivity index (χ1v) is 6.43. The molecule has 0 aliphatic carbocycles. The fourth-order valence-corrected chi connectivity index (χ4v) is 2.29. The van der Waals surface area contributed by atoms with E-state index in [9.17, 15) is 9.18 Å². The molecule has 6 heteroatoms. The van der Waals surface area contributed by atoms with Gasteiger partial charge in [-0.1, -0.05) is 0 Å². The number of nitrogens with one attached hydrogen (secondary N) is 1. The topological polar surface area (TPSA) is 84.4 Å². The molecule has 0 radical (unpaired) electrons. The lowest BCUT2D eigenvalue weighted by Gasteiger charge is -2.16. The van der Waals surface area contributed by atoms with Crippen molar-refractivity contribution in [1.29, 1.82) is 0 Å². The maximum atomic E-state index is 13.7. The van der Waals surface area contributed by atoms with Crippen molar-refractivity contribution in [2.75, 3.05) is 37.2 Å². The maximum absolute atomic E-state index is 13.7. The van der Waals surface area contributed by atoms with Crippen molar-refractivity contribution in [2.45, 2.75) is 12.8 Å². The van der Waals surface area contributed by atoms with E-state index >= 15 is 0 Å². The molecule has 0 atom stereocenters. The first-order valence-electron chi connectivity index (χ1n) is 6.43. The number of benzene rings is 1. The molecule has 1 amide bonds. The van der Waals surface area contributed by atoms with Crippen LogP contribution in [0.2, 0.25) is 0 Å². The standard InChI is InChI=1S/C13H19FN4O/c14-10-8-11(15)9(13(16)19)7-12(10)17-3-6-18-4-1-2-5-18/h7-8,17H,1-6,15H2,(H2,16,19). The number of likely N-dealkylation sites (tertiary alicyclic amines) is 1. The molecule has 1 fully saturated rings. The lowest BCUT2D eigenvalue weighted by molar-refractivity contribution is 0.100. The molecule has 1 aromatic rings. The van der Waals surface area contributed by atoms with Crippen molar-refractivity contribution in [3.63, 3.8) is 0 Å². The highest BCUT2D eigenvalue weighted by Gasteiger charge is 2.13. The molecule has 1 heterocycles. The normalized spacial score (nSPS) is 15.6. The summed E-state index contributed by atoms with van der Waals surface area (Å²) in [5, 5.41) is 2.98. The molecular weight excluding hydrogens is 247 g/mol. The zero-order valence-corrected chi connectivity index (χ0v) is 10.8. The van der Waals surface area contributed by atoms with Gasteiger partial charge in [-0.15, -0.1) is 0 Å². The Labute approximate surface area is 111 Å². The van der Waals surface area contributed by atoms with Crippen LogP contribution in [0.3, 0.4) is 0 Å². The van der Waals surface area contributed by atoms with Crippen LogP contribution in [-0.2, 0) is 0 Å². The van der Waals surface area contributed by atoms with E-state index in [1.165, 1.54) is 18.9 Å². The number of nitrogens with two attached hydrogens (primary N) is 2. The van der Waals surface area contributed by atoms with Gasteiger partial charge in [-0.05, 0) is 38.1 Å². The number of anilines is 2. The first-order chi connectivity index (χ1) is 9.08. The lowest BCUT2D eigenvalue weighted by atomic mass is 10.1. The third-order valence-corrected chi connectivity index (χ3v) is 3.35. The summed E-state index contributed by atoms with van der Waals surface area (Å²) in [4.78, 5) is 13.5. The molecule has 0 saturated carbocycles. The molecule has 0 unspecified atom stereocenters. The second-order valence-corrected chi connectivity index (χ2v) is 4.76. The van der Waals surface area contributed by atoms with Gasteiger partial charge in [0.05, 0.1) is 11.3 Å². The summed E-state index contributed by atoms with van der Waals surface area (Å²) in [5.41, 5.74) is 11.2. The van der Waals surface area contributed by atoms with Crippen molar-refractivity contribution >= 4 is 17.3 Å². The highest BCUT2D eigenvalue weighted by molar-refractivity contribution is 5.99. The Morgan fingerprint density at radius 2 is 2.05 bits per heavy atom. The van der Waals surface area contributed by atoms with E-state index in [2.05, 4.69) is 10.2 Å². The molecule has 0 aromatic heterocycles. The van der Waals surface area contributed by atoms with Crippen LogP contribution in [0.4, 0.5) is 15.8 Å². The molecule has 1 aliphatic rings. The number of rotatable bonds is 5. The van der Waals surface area contributed by atoms with Gasteiger partial charge in [-0.3, -0.25) is 4.79 Å². The van der Waals surface area contributed by atoms with Crippen molar-refractivity contribution in [2.24, 2.45) is 5.73 Å². The molecule has 19 heavy (non-hydrogen) atoms. The van der Waals surface area contributed by atoms with E-state index < -0.39 is 11.7 Å². The van der Waals surface area contributed by atoms with Gasteiger partial charge in [0.15, 0.2) is 0 Å². The second kappa shape index (κ2) is 5.88. The van der Waals surface area contributed by atoms with Gasteiger partial charge in [-0.2, -0.15) is 0 Å². The van der Waals surface area contributed by atoms with Crippen LogP contribution in [0, 0.1) is 5.82 Å². The summed E-state index contributed by atoms with van der Waals surface area (Å²) in [6, 6.07) is 2.50. The molecule has 5 N–H and O–H groups in total. The van der Waals surface area contributed by atoms with E-state index in [1.54, 1.807) is 0 Å². The van der Waals surface area contributed by atoms with E-state index in [-0.39, 0.29) is 16.9 Å². The SMILES string of the molecule is NC(=O)c1cc(NCCN2CCCC2)c(F)cc1N. The molecule has 104 valence electrons. The van der Waals surface area contributed by atoms with Gasteiger partial charge < -0.3 is 21.7 Å². The Balaban J connectivity index is 1.98. The van der Waals surface area contributed by atoms with E-state index in [0.717, 1.165) is 25.7 Å². The monoisotopic (exact) mass is 266 g/mol. The van der Waals surface area contributed by atoms with E-state index in [1.807, 2.05) is 0 Å². The van der Waals surface area contributed by atoms with Crippen LogP contribution >= 0.6 is 0 Å². The van der Waals surface area contributed by atoms with Gasteiger partial charge >= 0.3 is 0 Å². The molecular formula is C13H19FN4O. The summed E-state index contributed by atoms with van der Waals surface area (Å²) in [7, 11) is 0. The minimum absolute atomic E-state index is 0.0649. The van der Waals surface area contributed by atoms with E-state index in [4.69, 9.17) is 11.5 Å². The van der Waals surface area contributed by atoms with Gasteiger partial charge in [-0.25, -0.2) is 4.39 Å².